The number of rotatable bonds is 11. The Kier molecular flexibility index (Phi) is 17.4. The van der Waals surface area contributed by atoms with E-state index in [9.17, 15) is 9.90 Å². The molecule has 0 unspecified atom stereocenters. The molecule has 6 aromatic rings. The van der Waals surface area contributed by atoms with Crippen molar-refractivity contribution in [1.82, 2.24) is 9.97 Å². The Morgan fingerprint density at radius 1 is 0.638 bits per heavy atom. The molecule has 0 atom stereocenters. The van der Waals surface area contributed by atoms with Gasteiger partial charge in [-0.3, -0.25) is 4.79 Å². The Balaban J connectivity index is 0.000000244. The minimum absolute atomic E-state index is 0. The van der Waals surface area contributed by atoms with Crippen molar-refractivity contribution in [1.29, 1.82) is 0 Å². The second-order valence-corrected chi connectivity index (χ2v) is 16.0. The van der Waals surface area contributed by atoms with E-state index >= 15 is 0 Å². The zero-order chi connectivity index (χ0) is 43.6. The number of carbonyl (C=O) groups excluding carboxylic acids is 1. The summed E-state index contributed by atoms with van der Waals surface area (Å²) in [5.74, 6) is 1.50. The molecule has 5 heteroatoms. The maximum absolute atomic E-state index is 11.7. The van der Waals surface area contributed by atoms with Crippen LogP contribution in [0.4, 0.5) is 0 Å². The number of aliphatic hydroxyl groups excluding tert-OH is 1. The van der Waals surface area contributed by atoms with Gasteiger partial charge in [-0.05, 0) is 93.7 Å². The van der Waals surface area contributed by atoms with Crippen molar-refractivity contribution < 1.29 is 32.7 Å². The zero-order valence-corrected chi connectivity index (χ0v) is 39.1. The van der Waals surface area contributed by atoms with Crippen molar-refractivity contribution in [2.75, 3.05) is 0 Å². The molecule has 309 valence electrons. The second kappa shape index (κ2) is 22.6. The molecule has 1 radical (unpaired) electrons. The van der Waals surface area contributed by atoms with Crippen LogP contribution in [0.5, 0.6) is 0 Å². The smallest absolute Gasteiger partial charge is 0.162 e. The molecule has 0 saturated carbocycles. The number of ketones is 1. The first-order valence-electron chi connectivity index (χ1n) is 21.8. The molecule has 4 nitrogen and oxygen atoms in total. The van der Waals surface area contributed by atoms with Gasteiger partial charge < -0.3 is 15.1 Å². The number of carbonyl (C=O) groups is 1. The van der Waals surface area contributed by atoms with Crippen LogP contribution in [-0.2, 0) is 24.9 Å². The van der Waals surface area contributed by atoms with Crippen molar-refractivity contribution in [3.8, 4) is 22.5 Å². The van der Waals surface area contributed by atoms with Crippen molar-refractivity contribution in [2.24, 2.45) is 11.8 Å². The molecule has 0 spiro atoms. The Hall–Kier alpha value is -4.44. The molecule has 0 fully saturated rings. The maximum atomic E-state index is 11.7. The van der Waals surface area contributed by atoms with Crippen LogP contribution in [0, 0.1) is 51.7 Å². The standard InChI is InChI=1S/2C20H20N.C13H24O2.Ir/c2*1-13(2)16-5-6-19-17(12-16)7-8-21-20(19)18-10-14(3)9-15(4)11-18;1-5-10(6-2)12(14)9-13(15)11(7-3)8-4;/h2*5-10,12-13H,1-4H3;9-11,14H,5-8H2,1-4H3;/q2*-1;;/b;;12-9-;/i2*8D;;. The number of fused-ring (bicyclic) bond motifs is 2. The van der Waals surface area contributed by atoms with E-state index in [0.717, 1.165) is 80.9 Å². The van der Waals surface area contributed by atoms with Gasteiger partial charge in [-0.25, -0.2) is 0 Å². The van der Waals surface area contributed by atoms with Crippen molar-refractivity contribution in [3.63, 3.8) is 0 Å². The van der Waals surface area contributed by atoms with E-state index in [2.05, 4.69) is 124 Å². The summed E-state index contributed by atoms with van der Waals surface area (Å²) >= 11 is 0. The van der Waals surface area contributed by atoms with Crippen LogP contribution in [-0.4, -0.2) is 20.9 Å². The van der Waals surface area contributed by atoms with Crippen LogP contribution in [0.2, 0.25) is 0 Å². The molecule has 4 aromatic carbocycles. The van der Waals surface area contributed by atoms with Gasteiger partial charge in [0, 0.05) is 50.4 Å². The van der Waals surface area contributed by atoms with Crippen LogP contribution in [0.15, 0.2) is 97.0 Å². The zero-order valence-electron chi connectivity index (χ0n) is 38.7. The number of pyridine rings is 2. The predicted molar refractivity (Wildman–Crippen MR) is 243 cm³/mol. The molecule has 0 bridgehead atoms. The van der Waals surface area contributed by atoms with Gasteiger partial charge in [-0.1, -0.05) is 119 Å². The Morgan fingerprint density at radius 3 is 1.38 bits per heavy atom. The molecule has 0 aliphatic carbocycles. The summed E-state index contributed by atoms with van der Waals surface area (Å²) in [5.41, 5.74) is 10.8. The molecule has 0 saturated heterocycles. The fourth-order valence-electron chi connectivity index (χ4n) is 7.24. The number of nitrogens with zero attached hydrogens (tertiary/aromatic N) is 2. The third-order valence-electron chi connectivity index (χ3n) is 10.7. The Labute approximate surface area is 365 Å². The quantitative estimate of drug-likeness (QED) is 0.0798. The predicted octanol–water partition coefficient (Wildman–Crippen LogP) is 14.8. The van der Waals surface area contributed by atoms with Gasteiger partial charge in [-0.2, -0.15) is 0 Å². The third-order valence-corrected chi connectivity index (χ3v) is 10.7. The third kappa shape index (κ3) is 12.8. The molecule has 58 heavy (non-hydrogen) atoms. The summed E-state index contributed by atoms with van der Waals surface area (Å²) in [6.45, 7) is 25.0. The van der Waals surface area contributed by atoms with Gasteiger partial charge in [0.2, 0.25) is 0 Å². The maximum Gasteiger partial charge on any atom is 0.162 e. The van der Waals surface area contributed by atoms with Gasteiger partial charge in [0.1, 0.15) is 0 Å². The average Bonchev–Trinajstić information content (AvgIpc) is 3.17. The van der Waals surface area contributed by atoms with Crippen LogP contribution < -0.4 is 0 Å². The molecular formula is C53H64IrN2O2-2. The summed E-state index contributed by atoms with van der Waals surface area (Å²) in [5, 5.41) is 14.1. The normalized spacial score (nSPS) is 11.9. The van der Waals surface area contributed by atoms with Gasteiger partial charge in [0.15, 0.2) is 5.78 Å². The molecular weight excluding hydrogens is 889 g/mol. The van der Waals surface area contributed by atoms with E-state index in [0.29, 0.717) is 24.2 Å². The first-order valence-corrected chi connectivity index (χ1v) is 20.8. The summed E-state index contributed by atoms with van der Waals surface area (Å²) in [6.07, 6.45) is 5.51. The number of aromatic nitrogens is 2. The molecule has 2 aromatic heterocycles. The van der Waals surface area contributed by atoms with Crippen LogP contribution >= 0.6 is 0 Å². The van der Waals surface area contributed by atoms with E-state index in [1.54, 1.807) is 0 Å². The second-order valence-electron chi connectivity index (χ2n) is 16.0. The first-order chi connectivity index (χ1) is 28.0. The van der Waals surface area contributed by atoms with Crippen LogP contribution in [0.25, 0.3) is 44.1 Å². The topological polar surface area (TPSA) is 63.1 Å². The molecule has 0 amide bonds. The minimum Gasteiger partial charge on any atom is -0.512 e. The van der Waals surface area contributed by atoms with Crippen molar-refractivity contribution in [3.05, 3.63) is 142 Å². The SMILES string of the molecule is CCC(CC)C(=O)/C=C(\O)C(CC)CC.[2H]c1cc2cc(C(C)C)ccc2c(-c2[c-]c(C)cc(C)c2)n1.[2H]c1cc2cc(C(C)C)ccc2c(-c2[c-]c(C)cc(C)c2)n1.[Ir]. The van der Waals surface area contributed by atoms with Crippen LogP contribution in [0.3, 0.4) is 0 Å². The number of aliphatic hydroxyl groups is 1. The van der Waals surface area contributed by atoms with Crippen molar-refractivity contribution >= 4 is 27.3 Å². The van der Waals surface area contributed by atoms with E-state index in [4.69, 9.17) is 2.74 Å². The summed E-state index contributed by atoms with van der Waals surface area (Å²) in [4.78, 5) is 20.6. The number of hydrogen-bond acceptors (Lipinski definition) is 4. The minimum atomic E-state index is 0. The largest absolute Gasteiger partial charge is 0.512 e. The Bertz CT molecular complexity index is 2230. The Morgan fingerprint density at radius 2 is 1.03 bits per heavy atom. The monoisotopic (exact) mass is 955 g/mol. The average molecular weight is 955 g/mol. The van der Waals surface area contributed by atoms with Crippen LogP contribution in [0.1, 0.15) is 129 Å². The number of allylic oxidation sites excluding steroid dienone is 2. The molecule has 1 N–H and O–H groups in total. The molecule has 0 aliphatic rings. The summed E-state index contributed by atoms with van der Waals surface area (Å²) in [6, 6.07) is 31.7. The molecule has 0 aliphatic heterocycles. The van der Waals surface area contributed by atoms with E-state index in [-0.39, 0.29) is 43.5 Å². The first kappa shape index (κ1) is 44.7. The van der Waals surface area contributed by atoms with E-state index in [1.165, 1.54) is 28.3 Å². The molecule has 6 rings (SSSR count). The number of hydrogen-bond donors (Lipinski definition) is 1. The molecule has 2 heterocycles. The van der Waals surface area contributed by atoms with E-state index in [1.807, 2.05) is 53.7 Å². The van der Waals surface area contributed by atoms with Gasteiger partial charge in [-0.15, -0.1) is 69.8 Å². The van der Waals surface area contributed by atoms with Gasteiger partial charge in [0.25, 0.3) is 0 Å². The fourth-order valence-corrected chi connectivity index (χ4v) is 7.24. The van der Waals surface area contributed by atoms with Crippen molar-refractivity contribution in [2.45, 2.75) is 121 Å². The number of aryl methyl sites for hydroxylation is 4. The fraction of sp³-hybridized carbons (Fsp3) is 0.377. The van der Waals surface area contributed by atoms with Gasteiger partial charge >= 0.3 is 0 Å². The number of benzene rings is 4. The summed E-state index contributed by atoms with van der Waals surface area (Å²) < 4.78 is 16.1. The summed E-state index contributed by atoms with van der Waals surface area (Å²) in [7, 11) is 0. The van der Waals surface area contributed by atoms with Gasteiger partial charge in [0.05, 0.1) is 8.50 Å². The van der Waals surface area contributed by atoms with E-state index < -0.39 is 0 Å².